The summed E-state index contributed by atoms with van der Waals surface area (Å²) in [6, 6.07) is 6.77. The maximum atomic E-state index is 11.8. The lowest BCUT2D eigenvalue weighted by Gasteiger charge is -2.19. The van der Waals surface area contributed by atoms with Crippen molar-refractivity contribution in [2.45, 2.75) is 26.4 Å². The van der Waals surface area contributed by atoms with Gasteiger partial charge in [0.15, 0.2) is 0 Å². The Balaban J connectivity index is 2.19. The Morgan fingerprint density at radius 2 is 1.92 bits per heavy atom. The summed E-state index contributed by atoms with van der Waals surface area (Å²) in [6.45, 7) is 5.32. The van der Waals surface area contributed by atoms with E-state index in [2.05, 4.69) is 20.6 Å². The van der Waals surface area contributed by atoms with Crippen LogP contribution in [0.1, 0.15) is 31.1 Å². The fraction of sp³-hybridized carbons (Fsp3) is 0.250. The minimum Gasteiger partial charge on any atom is -0.444 e. The topological polar surface area (TPSA) is 119 Å². The van der Waals surface area contributed by atoms with Crippen LogP contribution in [-0.2, 0) is 4.74 Å². The summed E-state index contributed by atoms with van der Waals surface area (Å²) < 4.78 is 5.20. The number of hydrogen-bond acceptors (Lipinski definition) is 6. The first-order valence-electron chi connectivity index (χ1n) is 7.33. The molecular formula is C16H18ClN5O3. The molecule has 1 aromatic heterocycles. The number of nitrogens with zero attached hydrogens (tertiary/aromatic N) is 2. The second-order valence-electron chi connectivity index (χ2n) is 6.10. The molecule has 0 atom stereocenters. The molecule has 0 bridgehead atoms. The highest BCUT2D eigenvalue weighted by atomic mass is 35.5. The number of hydrogen-bond donors (Lipinski definition) is 3. The maximum absolute atomic E-state index is 11.8. The number of nitrogens with one attached hydrogen (secondary N) is 2. The predicted molar refractivity (Wildman–Crippen MR) is 95.1 cm³/mol. The Bertz CT molecular complexity index is 805. The van der Waals surface area contributed by atoms with Crippen LogP contribution in [0.25, 0.3) is 0 Å². The molecule has 0 saturated carbocycles. The Morgan fingerprint density at radius 3 is 2.56 bits per heavy atom. The number of primary amides is 1. The van der Waals surface area contributed by atoms with Crippen LogP contribution < -0.4 is 16.4 Å². The number of ether oxygens (including phenoxy) is 1. The smallest absolute Gasteiger partial charge is 0.412 e. The molecule has 0 saturated heterocycles. The van der Waals surface area contributed by atoms with Crippen molar-refractivity contribution in [3.8, 4) is 0 Å². The summed E-state index contributed by atoms with van der Waals surface area (Å²) in [7, 11) is 0. The van der Waals surface area contributed by atoms with Crippen LogP contribution in [0.2, 0.25) is 5.28 Å². The number of benzene rings is 1. The predicted octanol–water partition coefficient (Wildman–Crippen LogP) is 3.32. The molecule has 0 unspecified atom stereocenters. The van der Waals surface area contributed by atoms with Gasteiger partial charge in [-0.15, -0.1) is 0 Å². The number of carbonyl (C=O) groups excluding carboxylic acids is 2. The van der Waals surface area contributed by atoms with Crippen molar-refractivity contribution in [1.82, 2.24) is 9.97 Å². The summed E-state index contributed by atoms with van der Waals surface area (Å²) in [4.78, 5) is 31.0. The zero-order valence-corrected chi connectivity index (χ0v) is 14.7. The second-order valence-corrected chi connectivity index (χ2v) is 6.44. The zero-order chi connectivity index (χ0) is 18.6. The highest BCUT2D eigenvalue weighted by molar-refractivity contribution is 6.28. The minimum absolute atomic E-state index is 0.0319. The van der Waals surface area contributed by atoms with Crippen LogP contribution in [0.15, 0.2) is 30.5 Å². The van der Waals surface area contributed by atoms with Crippen molar-refractivity contribution >= 4 is 40.8 Å². The van der Waals surface area contributed by atoms with E-state index in [-0.39, 0.29) is 16.7 Å². The molecule has 8 nitrogen and oxygen atoms in total. The van der Waals surface area contributed by atoms with Gasteiger partial charge in [-0.05, 0) is 50.6 Å². The van der Waals surface area contributed by atoms with E-state index in [1.165, 1.54) is 6.20 Å². The van der Waals surface area contributed by atoms with E-state index < -0.39 is 17.6 Å². The van der Waals surface area contributed by atoms with Crippen LogP contribution >= 0.6 is 11.6 Å². The molecule has 25 heavy (non-hydrogen) atoms. The number of nitrogens with two attached hydrogens (primary N) is 1. The molecule has 0 fully saturated rings. The van der Waals surface area contributed by atoms with Gasteiger partial charge in [-0.25, -0.2) is 9.78 Å². The van der Waals surface area contributed by atoms with Crippen LogP contribution in [-0.4, -0.2) is 27.6 Å². The first-order valence-corrected chi connectivity index (χ1v) is 7.71. The van der Waals surface area contributed by atoms with E-state index >= 15 is 0 Å². The summed E-state index contributed by atoms with van der Waals surface area (Å²) >= 11 is 5.76. The molecule has 0 radical (unpaired) electrons. The summed E-state index contributed by atoms with van der Waals surface area (Å²) in [5, 5.41) is 5.52. The van der Waals surface area contributed by atoms with Crippen molar-refractivity contribution < 1.29 is 14.3 Å². The summed E-state index contributed by atoms with van der Waals surface area (Å²) in [5.74, 6) is -0.524. The molecule has 0 aliphatic rings. The number of aromatic nitrogens is 2. The van der Waals surface area contributed by atoms with Crippen LogP contribution in [0.3, 0.4) is 0 Å². The van der Waals surface area contributed by atoms with E-state index in [0.29, 0.717) is 11.4 Å². The Kier molecular flexibility index (Phi) is 5.43. The van der Waals surface area contributed by atoms with E-state index in [1.54, 1.807) is 45.0 Å². The molecule has 4 N–H and O–H groups in total. The molecule has 2 rings (SSSR count). The Morgan fingerprint density at radius 1 is 1.24 bits per heavy atom. The fourth-order valence-corrected chi connectivity index (χ4v) is 2.00. The van der Waals surface area contributed by atoms with Crippen molar-refractivity contribution in [2.75, 3.05) is 10.6 Å². The normalized spacial score (nSPS) is 10.9. The lowest BCUT2D eigenvalue weighted by Crippen LogP contribution is -2.27. The van der Waals surface area contributed by atoms with Gasteiger partial charge < -0.3 is 15.8 Å². The molecular weight excluding hydrogens is 346 g/mol. The zero-order valence-electron chi connectivity index (χ0n) is 14.0. The summed E-state index contributed by atoms with van der Waals surface area (Å²) in [5.41, 5.74) is 5.85. The number of carbonyl (C=O) groups is 2. The van der Waals surface area contributed by atoms with Gasteiger partial charge in [0.2, 0.25) is 5.28 Å². The lowest BCUT2D eigenvalue weighted by atomic mass is 10.2. The first-order chi connectivity index (χ1) is 11.6. The van der Waals surface area contributed by atoms with E-state index in [0.717, 1.165) is 0 Å². The van der Waals surface area contributed by atoms with Crippen LogP contribution in [0.4, 0.5) is 22.0 Å². The quantitative estimate of drug-likeness (QED) is 0.717. The third kappa shape index (κ3) is 5.61. The van der Waals surface area contributed by atoms with Gasteiger partial charge in [0.1, 0.15) is 17.0 Å². The molecule has 0 aliphatic heterocycles. The van der Waals surface area contributed by atoms with Gasteiger partial charge in [0.05, 0.1) is 0 Å². The third-order valence-electron chi connectivity index (χ3n) is 2.80. The molecule has 2 aromatic rings. The Labute approximate surface area is 149 Å². The number of amides is 2. The van der Waals surface area contributed by atoms with Crippen LogP contribution in [0, 0.1) is 0 Å². The first kappa shape index (κ1) is 18.5. The van der Waals surface area contributed by atoms with Gasteiger partial charge >= 0.3 is 6.09 Å². The van der Waals surface area contributed by atoms with Crippen molar-refractivity contribution in [3.05, 3.63) is 41.3 Å². The molecule has 0 aliphatic carbocycles. The number of halogens is 1. The average Bonchev–Trinajstić information content (AvgIpc) is 2.45. The van der Waals surface area contributed by atoms with Crippen molar-refractivity contribution in [1.29, 1.82) is 0 Å². The minimum atomic E-state index is -0.692. The van der Waals surface area contributed by atoms with Crippen molar-refractivity contribution in [2.24, 2.45) is 5.73 Å². The SMILES string of the molecule is CC(C)(C)OC(=O)Nc1cccc(Nc2nc(Cl)ncc2C(N)=O)c1. The standard InChI is InChI=1S/C16H18ClN5O3/c1-16(2,3)25-15(24)21-10-6-4-5-9(7-10)20-13-11(12(18)23)8-19-14(17)22-13/h4-8H,1-3H3,(H2,18,23)(H,21,24)(H,19,20,22). The van der Waals surface area contributed by atoms with E-state index in [4.69, 9.17) is 22.1 Å². The average molecular weight is 364 g/mol. The third-order valence-corrected chi connectivity index (χ3v) is 2.98. The van der Waals surface area contributed by atoms with Crippen LogP contribution in [0.5, 0.6) is 0 Å². The lowest BCUT2D eigenvalue weighted by molar-refractivity contribution is 0.0635. The van der Waals surface area contributed by atoms with Gasteiger partial charge in [-0.2, -0.15) is 4.98 Å². The Hall–Kier alpha value is -2.87. The van der Waals surface area contributed by atoms with Gasteiger partial charge in [0.25, 0.3) is 5.91 Å². The monoisotopic (exact) mass is 363 g/mol. The molecule has 0 spiro atoms. The fourth-order valence-electron chi connectivity index (χ4n) is 1.87. The largest absolute Gasteiger partial charge is 0.444 e. The molecule has 1 aromatic carbocycles. The van der Waals surface area contributed by atoms with Gasteiger partial charge in [-0.3, -0.25) is 10.1 Å². The van der Waals surface area contributed by atoms with Gasteiger partial charge in [0, 0.05) is 17.6 Å². The highest BCUT2D eigenvalue weighted by Gasteiger charge is 2.16. The highest BCUT2D eigenvalue weighted by Crippen LogP contribution is 2.22. The molecule has 9 heteroatoms. The second kappa shape index (κ2) is 7.35. The maximum Gasteiger partial charge on any atom is 0.412 e. The van der Waals surface area contributed by atoms with Gasteiger partial charge in [-0.1, -0.05) is 6.07 Å². The van der Waals surface area contributed by atoms with E-state index in [1.807, 2.05) is 0 Å². The van der Waals surface area contributed by atoms with E-state index in [9.17, 15) is 9.59 Å². The molecule has 2 amide bonds. The summed E-state index contributed by atoms with van der Waals surface area (Å²) in [6.07, 6.45) is 0.663. The number of anilines is 3. The molecule has 132 valence electrons. The number of rotatable bonds is 4. The van der Waals surface area contributed by atoms with Crippen molar-refractivity contribution in [3.63, 3.8) is 0 Å². The molecule has 1 heterocycles.